The summed E-state index contributed by atoms with van der Waals surface area (Å²) in [5.74, 6) is 0. The van der Waals surface area contributed by atoms with E-state index in [0.717, 1.165) is 17.6 Å². The van der Waals surface area contributed by atoms with Crippen LogP contribution in [0.1, 0.15) is 13.8 Å². The second-order valence-electron chi connectivity index (χ2n) is 3.50. The first-order valence-corrected chi connectivity index (χ1v) is 4.34. The van der Waals surface area contributed by atoms with Crippen molar-refractivity contribution in [3.05, 3.63) is 24.3 Å². The lowest BCUT2D eigenvalue weighted by molar-refractivity contribution is -0.908. The molecule has 0 N–H and O–H groups in total. The summed E-state index contributed by atoms with van der Waals surface area (Å²) in [5.41, 5.74) is 2.52. The van der Waals surface area contributed by atoms with Crippen LogP contribution in [0.5, 0.6) is 0 Å². The summed E-state index contributed by atoms with van der Waals surface area (Å²) in [6.07, 6.45) is 0. The van der Waals surface area contributed by atoms with Crippen molar-refractivity contribution in [1.82, 2.24) is 0 Å². The van der Waals surface area contributed by atoms with Gasteiger partial charge in [-0.1, -0.05) is 13.2 Å². The van der Waals surface area contributed by atoms with E-state index in [1.54, 1.807) is 0 Å². The van der Waals surface area contributed by atoms with Crippen molar-refractivity contribution >= 4 is 0 Å². The van der Waals surface area contributed by atoms with Gasteiger partial charge in [0.25, 0.3) is 0 Å². The Bertz CT molecular complexity index is 169. The molecular weight excluding hydrogens is 134 g/mol. The SMILES string of the molecule is C=C1C[N+](CC)(CC)CC1=C. The van der Waals surface area contributed by atoms with Gasteiger partial charge >= 0.3 is 0 Å². The lowest BCUT2D eigenvalue weighted by atomic mass is 10.2. The summed E-state index contributed by atoms with van der Waals surface area (Å²) in [7, 11) is 0. The van der Waals surface area contributed by atoms with Crippen LogP contribution in [-0.4, -0.2) is 30.7 Å². The zero-order valence-corrected chi connectivity index (χ0v) is 7.69. The molecule has 62 valence electrons. The van der Waals surface area contributed by atoms with Crippen LogP contribution >= 0.6 is 0 Å². The molecule has 1 heterocycles. The van der Waals surface area contributed by atoms with E-state index in [2.05, 4.69) is 27.0 Å². The minimum Gasteiger partial charge on any atom is -0.317 e. The molecule has 0 saturated carbocycles. The van der Waals surface area contributed by atoms with Gasteiger partial charge in [0.05, 0.1) is 13.1 Å². The molecule has 0 amide bonds. The number of quaternary nitrogens is 1. The van der Waals surface area contributed by atoms with Crippen LogP contribution in [0.3, 0.4) is 0 Å². The van der Waals surface area contributed by atoms with Gasteiger partial charge in [-0.2, -0.15) is 0 Å². The summed E-state index contributed by atoms with van der Waals surface area (Å²) in [5, 5.41) is 0. The summed E-state index contributed by atoms with van der Waals surface area (Å²) in [6, 6.07) is 0. The quantitative estimate of drug-likeness (QED) is 0.531. The van der Waals surface area contributed by atoms with Crippen LogP contribution in [0, 0.1) is 0 Å². The van der Waals surface area contributed by atoms with Crippen LogP contribution < -0.4 is 0 Å². The van der Waals surface area contributed by atoms with Crippen LogP contribution in [-0.2, 0) is 0 Å². The normalized spacial score (nSPS) is 22.7. The minimum atomic E-state index is 1.12. The van der Waals surface area contributed by atoms with Crippen molar-refractivity contribution in [1.29, 1.82) is 0 Å². The van der Waals surface area contributed by atoms with Crippen molar-refractivity contribution in [3.63, 3.8) is 0 Å². The highest BCUT2D eigenvalue weighted by molar-refractivity contribution is 5.29. The Kier molecular flexibility index (Phi) is 2.19. The van der Waals surface area contributed by atoms with Crippen LogP contribution in [0.25, 0.3) is 0 Å². The first kappa shape index (κ1) is 8.54. The van der Waals surface area contributed by atoms with E-state index in [1.807, 2.05) is 0 Å². The highest BCUT2D eigenvalue weighted by Crippen LogP contribution is 2.25. The Hall–Kier alpha value is -0.560. The van der Waals surface area contributed by atoms with E-state index in [1.165, 1.54) is 24.2 Å². The Morgan fingerprint density at radius 2 is 1.45 bits per heavy atom. The van der Waals surface area contributed by atoms with Gasteiger partial charge in [-0.25, -0.2) is 0 Å². The van der Waals surface area contributed by atoms with Gasteiger partial charge in [0.15, 0.2) is 0 Å². The Balaban J connectivity index is 2.76. The maximum atomic E-state index is 4.01. The topological polar surface area (TPSA) is 0 Å². The lowest BCUT2D eigenvalue weighted by Gasteiger charge is -2.30. The maximum absolute atomic E-state index is 4.01. The molecular formula is C10H18N+. The zero-order valence-electron chi connectivity index (χ0n) is 7.69. The average molecular weight is 152 g/mol. The van der Waals surface area contributed by atoms with Gasteiger partial charge < -0.3 is 4.48 Å². The fraction of sp³-hybridized carbons (Fsp3) is 0.600. The van der Waals surface area contributed by atoms with Crippen molar-refractivity contribution in [2.75, 3.05) is 26.2 Å². The number of hydrogen-bond donors (Lipinski definition) is 0. The van der Waals surface area contributed by atoms with Crippen LogP contribution in [0.4, 0.5) is 0 Å². The first-order chi connectivity index (χ1) is 5.13. The molecule has 0 aromatic rings. The molecule has 1 heteroatoms. The number of hydrogen-bond acceptors (Lipinski definition) is 0. The Morgan fingerprint density at radius 1 is 1.09 bits per heavy atom. The molecule has 1 saturated heterocycles. The molecule has 1 fully saturated rings. The third-order valence-electron chi connectivity index (χ3n) is 2.89. The number of nitrogens with zero attached hydrogens (tertiary/aromatic N) is 1. The summed E-state index contributed by atoms with van der Waals surface area (Å²) in [4.78, 5) is 0. The molecule has 0 unspecified atom stereocenters. The van der Waals surface area contributed by atoms with E-state index < -0.39 is 0 Å². The fourth-order valence-electron chi connectivity index (χ4n) is 1.76. The number of likely N-dealkylation sites (tertiary alicyclic amines) is 1. The predicted molar refractivity (Wildman–Crippen MR) is 49.4 cm³/mol. The Labute approximate surface area is 69.6 Å². The third-order valence-corrected chi connectivity index (χ3v) is 2.89. The summed E-state index contributed by atoms with van der Waals surface area (Å²) in [6.45, 7) is 17.2. The van der Waals surface area contributed by atoms with Gasteiger partial charge in [0.1, 0.15) is 13.1 Å². The van der Waals surface area contributed by atoms with E-state index in [4.69, 9.17) is 0 Å². The number of likely N-dealkylation sites (N-methyl/N-ethyl adjacent to an activating group) is 1. The van der Waals surface area contributed by atoms with Crippen LogP contribution in [0.15, 0.2) is 24.3 Å². The first-order valence-electron chi connectivity index (χ1n) is 4.34. The standard InChI is InChI=1S/C10H18N/c1-5-11(6-2)7-9(3)10(4)8-11/h3-8H2,1-2H3/q+1. The predicted octanol–water partition coefficient (Wildman–Crippen LogP) is 1.97. The molecule has 0 spiro atoms. The molecule has 0 radical (unpaired) electrons. The molecule has 0 atom stereocenters. The molecule has 0 aliphatic carbocycles. The fourth-order valence-corrected chi connectivity index (χ4v) is 1.76. The van der Waals surface area contributed by atoms with E-state index in [0.29, 0.717) is 0 Å². The van der Waals surface area contributed by atoms with Gasteiger partial charge in [0.2, 0.25) is 0 Å². The maximum Gasteiger partial charge on any atom is 0.104 e. The van der Waals surface area contributed by atoms with Crippen molar-refractivity contribution < 1.29 is 4.48 Å². The average Bonchev–Trinajstić information content (AvgIpc) is 2.29. The molecule has 1 nitrogen and oxygen atoms in total. The summed E-state index contributed by atoms with van der Waals surface area (Å²) >= 11 is 0. The molecule has 1 aliphatic rings. The van der Waals surface area contributed by atoms with Crippen molar-refractivity contribution in [2.45, 2.75) is 13.8 Å². The molecule has 0 aromatic carbocycles. The van der Waals surface area contributed by atoms with Gasteiger partial charge in [0, 0.05) is 11.1 Å². The highest BCUT2D eigenvalue weighted by atomic mass is 15.4. The molecule has 11 heavy (non-hydrogen) atoms. The van der Waals surface area contributed by atoms with E-state index >= 15 is 0 Å². The van der Waals surface area contributed by atoms with Crippen molar-refractivity contribution in [2.24, 2.45) is 0 Å². The van der Waals surface area contributed by atoms with E-state index in [9.17, 15) is 0 Å². The minimum absolute atomic E-state index is 1.12. The van der Waals surface area contributed by atoms with Gasteiger partial charge in [-0.05, 0) is 13.8 Å². The van der Waals surface area contributed by atoms with Crippen molar-refractivity contribution in [3.8, 4) is 0 Å². The Morgan fingerprint density at radius 3 is 1.64 bits per heavy atom. The van der Waals surface area contributed by atoms with Crippen LogP contribution in [0.2, 0.25) is 0 Å². The second-order valence-corrected chi connectivity index (χ2v) is 3.50. The van der Waals surface area contributed by atoms with Gasteiger partial charge in [-0.3, -0.25) is 0 Å². The summed E-state index contributed by atoms with van der Waals surface area (Å²) < 4.78 is 1.16. The number of rotatable bonds is 2. The smallest absolute Gasteiger partial charge is 0.104 e. The molecule has 0 bridgehead atoms. The molecule has 0 aromatic heterocycles. The van der Waals surface area contributed by atoms with E-state index in [-0.39, 0.29) is 0 Å². The molecule has 1 aliphatic heterocycles. The zero-order chi connectivity index (χ0) is 8.48. The largest absolute Gasteiger partial charge is 0.317 e. The lowest BCUT2D eigenvalue weighted by Crippen LogP contribution is -2.44. The van der Waals surface area contributed by atoms with Gasteiger partial charge in [-0.15, -0.1) is 0 Å². The highest BCUT2D eigenvalue weighted by Gasteiger charge is 2.32. The monoisotopic (exact) mass is 152 g/mol. The third kappa shape index (κ3) is 1.38. The molecule has 1 rings (SSSR count). The second kappa shape index (κ2) is 2.82.